The summed E-state index contributed by atoms with van der Waals surface area (Å²) in [6.07, 6.45) is 3.83. The molecule has 1 nitrogen and oxygen atoms in total. The highest BCUT2D eigenvalue weighted by Gasteiger charge is 1.94. The zero-order valence-corrected chi connectivity index (χ0v) is 8.03. The zero-order chi connectivity index (χ0) is 7.82. The van der Waals surface area contributed by atoms with Crippen molar-refractivity contribution in [2.45, 2.75) is 26.2 Å². The summed E-state index contributed by atoms with van der Waals surface area (Å²) >= 11 is 4.16. The molecule has 62 valence electrons. The molecule has 0 bridgehead atoms. The van der Waals surface area contributed by atoms with Gasteiger partial charge in [0.15, 0.2) is 0 Å². The van der Waals surface area contributed by atoms with Crippen molar-refractivity contribution in [2.24, 2.45) is 0 Å². The molecule has 0 aliphatic heterocycles. The van der Waals surface area contributed by atoms with Crippen molar-refractivity contribution in [1.82, 2.24) is 4.90 Å². The summed E-state index contributed by atoms with van der Waals surface area (Å²) in [4.78, 5) is 2.37. The summed E-state index contributed by atoms with van der Waals surface area (Å²) in [5.41, 5.74) is 0. The van der Waals surface area contributed by atoms with Crippen molar-refractivity contribution in [3.05, 3.63) is 0 Å². The van der Waals surface area contributed by atoms with E-state index in [1.165, 1.54) is 32.4 Å². The van der Waals surface area contributed by atoms with Gasteiger partial charge in [-0.3, -0.25) is 0 Å². The van der Waals surface area contributed by atoms with Crippen molar-refractivity contribution < 1.29 is 0 Å². The van der Waals surface area contributed by atoms with Crippen LogP contribution in [0.15, 0.2) is 0 Å². The molecule has 2 heteroatoms. The molecule has 10 heavy (non-hydrogen) atoms. The Morgan fingerprint density at radius 3 is 2.30 bits per heavy atom. The van der Waals surface area contributed by atoms with Gasteiger partial charge in [0.05, 0.1) is 0 Å². The van der Waals surface area contributed by atoms with Crippen molar-refractivity contribution in [3.63, 3.8) is 0 Å². The highest BCUT2D eigenvalue weighted by molar-refractivity contribution is 7.80. The lowest BCUT2D eigenvalue weighted by Gasteiger charge is -2.14. The first-order chi connectivity index (χ1) is 4.81. The maximum atomic E-state index is 4.16. The van der Waals surface area contributed by atoms with Gasteiger partial charge in [0.1, 0.15) is 0 Å². The van der Waals surface area contributed by atoms with E-state index < -0.39 is 0 Å². The van der Waals surface area contributed by atoms with Crippen LogP contribution < -0.4 is 0 Å². The molecule has 0 rings (SSSR count). The van der Waals surface area contributed by atoms with Gasteiger partial charge in [-0.2, -0.15) is 12.6 Å². The van der Waals surface area contributed by atoms with E-state index in [0.29, 0.717) is 0 Å². The zero-order valence-electron chi connectivity index (χ0n) is 7.14. The van der Waals surface area contributed by atoms with Crippen LogP contribution in [0.25, 0.3) is 0 Å². The maximum absolute atomic E-state index is 4.16. The summed E-state index contributed by atoms with van der Waals surface area (Å²) in [6.45, 7) is 4.67. The Morgan fingerprint density at radius 1 is 1.20 bits per heavy atom. The van der Waals surface area contributed by atoms with Crippen molar-refractivity contribution in [1.29, 1.82) is 0 Å². The Labute approximate surface area is 70.2 Å². The molecule has 0 aliphatic carbocycles. The van der Waals surface area contributed by atoms with Crippen LogP contribution in [0.3, 0.4) is 0 Å². The molecule has 0 radical (unpaired) electrons. The lowest BCUT2D eigenvalue weighted by atomic mass is 10.3. The van der Waals surface area contributed by atoms with E-state index in [2.05, 4.69) is 31.5 Å². The number of rotatable bonds is 6. The predicted octanol–water partition coefficient (Wildman–Crippen LogP) is 2.04. The molecule has 0 heterocycles. The normalized spacial score (nSPS) is 10.8. The van der Waals surface area contributed by atoms with Gasteiger partial charge in [-0.1, -0.05) is 13.3 Å². The molecule has 0 unspecified atom stereocenters. The van der Waals surface area contributed by atoms with Gasteiger partial charge in [0.25, 0.3) is 0 Å². The first-order valence-corrected chi connectivity index (χ1v) is 4.74. The molecule has 0 spiro atoms. The minimum absolute atomic E-state index is 1.01. The van der Waals surface area contributed by atoms with Crippen molar-refractivity contribution in [3.8, 4) is 0 Å². The van der Waals surface area contributed by atoms with Gasteiger partial charge in [-0.25, -0.2) is 0 Å². The molecule has 0 aliphatic rings. The SMILES string of the molecule is CCCCN(C)CCCS. The highest BCUT2D eigenvalue weighted by Crippen LogP contribution is 1.93. The van der Waals surface area contributed by atoms with E-state index in [1.807, 2.05) is 0 Å². The largest absolute Gasteiger partial charge is 0.306 e. The third kappa shape index (κ3) is 6.43. The first kappa shape index (κ1) is 10.3. The lowest BCUT2D eigenvalue weighted by molar-refractivity contribution is 0.330. The van der Waals surface area contributed by atoms with Gasteiger partial charge < -0.3 is 4.90 Å². The Morgan fingerprint density at radius 2 is 1.80 bits per heavy atom. The molecule has 0 fully saturated rings. The molecule has 0 N–H and O–H groups in total. The number of unbranched alkanes of at least 4 members (excludes halogenated alkanes) is 1. The van der Waals surface area contributed by atoms with Gasteiger partial charge >= 0.3 is 0 Å². The monoisotopic (exact) mass is 161 g/mol. The summed E-state index contributed by atoms with van der Waals surface area (Å²) in [7, 11) is 2.18. The molecular formula is C8H19NS. The predicted molar refractivity (Wildman–Crippen MR) is 50.9 cm³/mol. The molecule has 0 atom stereocenters. The smallest absolute Gasteiger partial charge is 0.00140 e. The fourth-order valence-corrected chi connectivity index (χ4v) is 1.02. The Bertz CT molecular complexity index is 58.3. The standard InChI is InChI=1S/C8H19NS/c1-3-4-6-9(2)7-5-8-10/h10H,3-8H2,1-2H3. The minimum Gasteiger partial charge on any atom is -0.306 e. The van der Waals surface area contributed by atoms with Gasteiger partial charge in [0.2, 0.25) is 0 Å². The molecule has 0 saturated heterocycles. The topological polar surface area (TPSA) is 3.24 Å². The van der Waals surface area contributed by atoms with Crippen LogP contribution in [0, 0.1) is 0 Å². The van der Waals surface area contributed by atoms with Crippen molar-refractivity contribution >= 4 is 12.6 Å². The summed E-state index contributed by atoms with van der Waals surface area (Å²) < 4.78 is 0. The lowest BCUT2D eigenvalue weighted by Crippen LogP contribution is -2.20. The Kier molecular flexibility index (Phi) is 7.65. The third-order valence-electron chi connectivity index (χ3n) is 1.59. The molecule has 0 amide bonds. The van der Waals surface area contributed by atoms with Crippen molar-refractivity contribution in [2.75, 3.05) is 25.9 Å². The molecule has 0 aromatic rings. The first-order valence-electron chi connectivity index (χ1n) is 4.10. The second-order valence-electron chi connectivity index (χ2n) is 2.73. The third-order valence-corrected chi connectivity index (χ3v) is 1.91. The highest BCUT2D eigenvalue weighted by atomic mass is 32.1. The molecule has 0 aromatic carbocycles. The fraction of sp³-hybridized carbons (Fsp3) is 1.00. The fourth-order valence-electron chi connectivity index (χ4n) is 0.880. The Hall–Kier alpha value is 0.310. The summed E-state index contributed by atoms with van der Waals surface area (Å²) in [6, 6.07) is 0. The quantitative estimate of drug-likeness (QED) is 0.583. The molecule has 0 aromatic heterocycles. The van der Waals surface area contributed by atoms with Crippen LogP contribution >= 0.6 is 12.6 Å². The Balaban J connectivity index is 3.00. The number of nitrogens with zero attached hydrogens (tertiary/aromatic N) is 1. The van der Waals surface area contributed by atoms with Crippen LogP contribution in [0.4, 0.5) is 0 Å². The molecular weight excluding hydrogens is 142 g/mol. The summed E-state index contributed by atoms with van der Waals surface area (Å²) in [5, 5.41) is 0. The summed E-state index contributed by atoms with van der Waals surface area (Å²) in [5.74, 6) is 1.01. The number of hydrogen-bond acceptors (Lipinski definition) is 2. The van der Waals surface area contributed by atoms with Crippen LogP contribution in [0.2, 0.25) is 0 Å². The van der Waals surface area contributed by atoms with Gasteiger partial charge in [0, 0.05) is 0 Å². The minimum atomic E-state index is 1.01. The van der Waals surface area contributed by atoms with Gasteiger partial charge in [-0.15, -0.1) is 0 Å². The van der Waals surface area contributed by atoms with E-state index in [4.69, 9.17) is 0 Å². The average molecular weight is 161 g/mol. The number of thiol groups is 1. The van der Waals surface area contributed by atoms with Crippen LogP contribution in [0.5, 0.6) is 0 Å². The van der Waals surface area contributed by atoms with E-state index in [-0.39, 0.29) is 0 Å². The maximum Gasteiger partial charge on any atom is -0.00140 e. The second kappa shape index (κ2) is 7.42. The van der Waals surface area contributed by atoms with Crippen LogP contribution in [-0.2, 0) is 0 Å². The van der Waals surface area contributed by atoms with E-state index in [1.54, 1.807) is 0 Å². The number of hydrogen-bond donors (Lipinski definition) is 1. The van der Waals surface area contributed by atoms with Crippen LogP contribution in [-0.4, -0.2) is 30.8 Å². The van der Waals surface area contributed by atoms with E-state index in [0.717, 1.165) is 5.75 Å². The van der Waals surface area contributed by atoms with Gasteiger partial charge in [-0.05, 0) is 38.7 Å². The second-order valence-corrected chi connectivity index (χ2v) is 3.18. The van der Waals surface area contributed by atoms with Crippen LogP contribution in [0.1, 0.15) is 26.2 Å². The van der Waals surface area contributed by atoms with E-state index >= 15 is 0 Å². The average Bonchev–Trinajstić information content (AvgIpc) is 1.97. The molecule has 0 saturated carbocycles. The van der Waals surface area contributed by atoms with E-state index in [9.17, 15) is 0 Å².